The fraction of sp³-hybridized carbons (Fsp3) is 0.500. The number of allylic oxidation sites excluding steroid dienone is 4. The third-order valence-corrected chi connectivity index (χ3v) is 4.67. The molecule has 0 atom stereocenters. The Kier molecular flexibility index (Phi) is 4.54. The molecule has 1 aliphatic rings. The third kappa shape index (κ3) is 3.40. The van der Waals surface area contributed by atoms with E-state index in [1.807, 2.05) is 0 Å². The fourth-order valence-corrected chi connectivity index (χ4v) is 3.36. The maximum absolute atomic E-state index is 2.41. The van der Waals surface area contributed by atoms with Crippen LogP contribution in [0.4, 0.5) is 0 Å². The normalized spacial score (nSPS) is 16.9. The van der Waals surface area contributed by atoms with Gasteiger partial charge < -0.3 is 0 Å². The van der Waals surface area contributed by atoms with E-state index in [-0.39, 0.29) is 12.4 Å². The first kappa shape index (κ1) is 11.9. The smallest absolute Gasteiger partial charge is 0.147 e. The zero-order valence-corrected chi connectivity index (χ0v) is 11.5. The molecule has 0 spiro atoms. The van der Waals surface area contributed by atoms with Crippen LogP contribution in [0.1, 0.15) is 6.42 Å². The van der Waals surface area contributed by atoms with Crippen LogP contribution in [0.2, 0.25) is 19.6 Å². The van der Waals surface area contributed by atoms with E-state index in [0.717, 1.165) is 0 Å². The molecule has 0 saturated heterocycles. The first-order chi connectivity index (χ1) is 4.50. The maximum atomic E-state index is 2.41. The quantitative estimate of drug-likeness (QED) is 0.639. The van der Waals surface area contributed by atoms with Crippen molar-refractivity contribution in [3.05, 3.63) is 20.6 Å². The predicted molar refractivity (Wildman–Crippen MR) is 51.4 cm³/mol. The molecular formula is C8H14ClSiZr. The Morgan fingerprint density at radius 1 is 1.36 bits per heavy atom. The molecule has 0 bridgehead atoms. The third-order valence-electron chi connectivity index (χ3n) is 1.74. The predicted octanol–water partition coefficient (Wildman–Crippen LogP) is 3.05. The number of hydrogen-bond acceptors (Lipinski definition) is 0. The molecule has 0 aromatic heterocycles. The van der Waals surface area contributed by atoms with Crippen LogP contribution < -0.4 is 0 Å². The van der Waals surface area contributed by atoms with E-state index in [0.29, 0.717) is 0 Å². The first-order valence-electron chi connectivity index (χ1n) is 3.63. The molecule has 0 aromatic rings. The van der Waals surface area contributed by atoms with Crippen molar-refractivity contribution in [1.29, 1.82) is 0 Å². The second kappa shape index (κ2) is 4.20. The van der Waals surface area contributed by atoms with Gasteiger partial charge >= 0.3 is 79.5 Å². The van der Waals surface area contributed by atoms with Gasteiger partial charge in [-0.05, 0) is 0 Å². The topological polar surface area (TPSA) is 0 Å². The first-order valence-corrected chi connectivity index (χ1v) is 8.36. The van der Waals surface area contributed by atoms with Gasteiger partial charge in [0.05, 0.1) is 0 Å². The van der Waals surface area contributed by atoms with E-state index in [1.54, 1.807) is 33.2 Å². The minimum absolute atomic E-state index is 0. The molecule has 0 unspecified atom stereocenters. The van der Waals surface area contributed by atoms with E-state index >= 15 is 0 Å². The molecule has 0 amide bonds. The fourth-order valence-electron chi connectivity index (χ4n) is 1.05. The van der Waals surface area contributed by atoms with Gasteiger partial charge in [0.15, 0.2) is 0 Å². The van der Waals surface area contributed by atoms with Gasteiger partial charge in [-0.1, -0.05) is 0 Å². The van der Waals surface area contributed by atoms with Gasteiger partial charge in [-0.2, -0.15) is 0 Å². The zero-order valence-electron chi connectivity index (χ0n) is 7.27. The summed E-state index contributed by atoms with van der Waals surface area (Å²) >= 11 is 1.59. The van der Waals surface area contributed by atoms with Gasteiger partial charge in [0.2, 0.25) is 0 Å². The summed E-state index contributed by atoms with van der Waals surface area (Å²) in [7, 11) is -0.967. The van der Waals surface area contributed by atoms with Gasteiger partial charge in [-0.25, -0.2) is 0 Å². The molecule has 0 heterocycles. The summed E-state index contributed by atoms with van der Waals surface area (Å²) in [6.45, 7) is 7.22. The van der Waals surface area contributed by atoms with Crippen molar-refractivity contribution >= 4 is 20.5 Å². The molecule has 0 nitrogen and oxygen atoms in total. The molecule has 0 aliphatic heterocycles. The van der Waals surface area contributed by atoms with Crippen LogP contribution in [0.5, 0.6) is 0 Å². The average Bonchev–Trinajstić information content (AvgIpc) is 2.11. The zero-order chi connectivity index (χ0) is 7.78. The van der Waals surface area contributed by atoms with Crippen LogP contribution in [-0.4, -0.2) is 8.07 Å². The van der Waals surface area contributed by atoms with Crippen molar-refractivity contribution in [3.63, 3.8) is 0 Å². The summed E-state index contributed by atoms with van der Waals surface area (Å²) in [5.41, 5.74) is 0. The molecule has 3 heteroatoms. The second-order valence-electron chi connectivity index (χ2n) is 3.78. The van der Waals surface area contributed by atoms with Crippen molar-refractivity contribution in [2.75, 3.05) is 0 Å². The Labute approximate surface area is 91.4 Å². The monoisotopic (exact) mass is 263 g/mol. The van der Waals surface area contributed by atoms with Crippen molar-refractivity contribution in [2.24, 2.45) is 0 Å². The van der Waals surface area contributed by atoms with Crippen molar-refractivity contribution in [1.82, 2.24) is 0 Å². The summed E-state index contributed by atoms with van der Waals surface area (Å²) < 4.78 is 1.62. The number of hydrogen-bond donors (Lipinski definition) is 0. The van der Waals surface area contributed by atoms with Crippen molar-refractivity contribution < 1.29 is 24.7 Å². The molecule has 0 saturated carbocycles. The Bertz CT molecular complexity index is 201. The van der Waals surface area contributed by atoms with Gasteiger partial charge in [0, 0.05) is 0 Å². The Morgan fingerprint density at radius 2 is 1.91 bits per heavy atom. The van der Waals surface area contributed by atoms with E-state index in [9.17, 15) is 0 Å². The van der Waals surface area contributed by atoms with Crippen molar-refractivity contribution in [3.8, 4) is 0 Å². The van der Waals surface area contributed by atoms with Crippen LogP contribution in [0.25, 0.3) is 0 Å². The SMILES string of the molecule is C[Si](C)(C)C1=CC[C]([Zr])=C1.Cl. The van der Waals surface area contributed by atoms with Gasteiger partial charge in [0.25, 0.3) is 0 Å². The summed E-state index contributed by atoms with van der Waals surface area (Å²) in [4.78, 5) is 0. The van der Waals surface area contributed by atoms with Crippen molar-refractivity contribution in [2.45, 2.75) is 26.1 Å². The van der Waals surface area contributed by atoms with E-state index in [2.05, 4.69) is 31.8 Å². The number of rotatable bonds is 1. The van der Waals surface area contributed by atoms with Crippen LogP contribution in [0, 0.1) is 0 Å². The molecule has 61 valence electrons. The summed E-state index contributed by atoms with van der Waals surface area (Å²) in [5.74, 6) is 0. The van der Waals surface area contributed by atoms with Gasteiger partial charge in [-0.15, -0.1) is 12.4 Å². The van der Waals surface area contributed by atoms with Crippen LogP contribution in [0.3, 0.4) is 0 Å². The standard InChI is InChI=1S/C8H13Si.ClH.Zr/c1-9(2,3)8-6-4-5-7-8;;/h6-7H,4H2,1-3H3;1H;. The van der Waals surface area contributed by atoms with Crippen LogP contribution >= 0.6 is 12.4 Å². The molecule has 0 aromatic carbocycles. The Balaban J connectivity index is 0.000001000. The molecule has 1 aliphatic carbocycles. The molecule has 0 N–H and O–H groups in total. The largest absolute Gasteiger partial charge is 0.147 e. The number of halogens is 1. The second-order valence-corrected chi connectivity index (χ2v) is 10.4. The Morgan fingerprint density at radius 3 is 2.09 bits per heavy atom. The minimum Gasteiger partial charge on any atom is -0.147 e. The minimum atomic E-state index is -0.967. The van der Waals surface area contributed by atoms with E-state index < -0.39 is 8.07 Å². The molecule has 1 rings (SSSR count). The van der Waals surface area contributed by atoms with E-state index in [1.165, 1.54) is 6.42 Å². The maximum Gasteiger partial charge on any atom is -0.147 e. The Hall–Kier alpha value is 0.870. The average molecular weight is 265 g/mol. The van der Waals surface area contributed by atoms with Crippen LogP contribution in [0.15, 0.2) is 20.6 Å². The van der Waals surface area contributed by atoms with Crippen LogP contribution in [-0.2, 0) is 24.7 Å². The molecule has 0 radical (unpaired) electrons. The summed E-state index contributed by atoms with van der Waals surface area (Å²) in [6, 6.07) is 0. The summed E-state index contributed by atoms with van der Waals surface area (Å²) in [6.07, 6.45) is 6.05. The molecule has 0 fully saturated rings. The van der Waals surface area contributed by atoms with Gasteiger partial charge in [-0.3, -0.25) is 0 Å². The molecular weight excluding hydrogens is 251 g/mol. The van der Waals surface area contributed by atoms with E-state index in [4.69, 9.17) is 0 Å². The van der Waals surface area contributed by atoms with Gasteiger partial charge in [0.1, 0.15) is 0 Å². The summed E-state index contributed by atoms with van der Waals surface area (Å²) in [5, 5.41) is 1.65. The molecule has 11 heavy (non-hydrogen) atoms.